The van der Waals surface area contributed by atoms with Crippen molar-refractivity contribution in [3.8, 4) is 0 Å². The van der Waals surface area contributed by atoms with Gasteiger partial charge in [0.2, 0.25) is 9.84 Å². The average Bonchev–Trinajstić information content (AvgIpc) is 2.53. The number of allylic oxidation sites excluding steroid dienone is 1. The van der Waals surface area contributed by atoms with Crippen molar-refractivity contribution in [3.63, 3.8) is 0 Å². The van der Waals surface area contributed by atoms with E-state index in [0.717, 1.165) is 5.41 Å². The van der Waals surface area contributed by atoms with Gasteiger partial charge in [0.1, 0.15) is 11.9 Å². The summed E-state index contributed by atoms with van der Waals surface area (Å²) >= 11 is 0. The normalized spacial score (nSPS) is 15.6. The first-order valence-electron chi connectivity index (χ1n) is 6.84. The Morgan fingerprint density at radius 3 is 2.04 bits per heavy atom. The van der Waals surface area contributed by atoms with Crippen molar-refractivity contribution in [1.82, 2.24) is 0 Å². The molecule has 6 nitrogen and oxygen atoms in total. The number of sulfone groups is 1. The molecular formula is C14H22O6P2SW2. The van der Waals surface area contributed by atoms with Crippen LogP contribution in [0.1, 0.15) is 13.8 Å². The van der Waals surface area contributed by atoms with Crippen molar-refractivity contribution < 1.29 is 69.8 Å². The fraction of sp³-hybridized carbons (Fsp3) is 0.429. The maximum absolute atomic E-state index is 12.4. The predicted molar refractivity (Wildman–Crippen MR) is 93.6 cm³/mol. The van der Waals surface area contributed by atoms with Crippen molar-refractivity contribution >= 4 is 28.8 Å². The molecule has 1 aromatic carbocycles. The predicted octanol–water partition coefficient (Wildman–Crippen LogP) is 1.86. The van der Waals surface area contributed by atoms with Crippen molar-refractivity contribution in [1.29, 1.82) is 0 Å². The molecule has 0 radical (unpaired) electrons. The number of rotatable bonds is 8. The minimum atomic E-state index is -3.67. The molecule has 0 spiro atoms. The molecule has 1 rings (SSSR count). The van der Waals surface area contributed by atoms with Crippen molar-refractivity contribution in [2.45, 2.75) is 31.1 Å². The van der Waals surface area contributed by atoms with Crippen LogP contribution < -0.4 is 0 Å². The summed E-state index contributed by atoms with van der Waals surface area (Å²) in [4.78, 5) is 0.153. The Morgan fingerprint density at radius 1 is 1.12 bits per heavy atom. The molecule has 0 aliphatic carbocycles. The van der Waals surface area contributed by atoms with E-state index in [-0.39, 0.29) is 52.8 Å². The van der Waals surface area contributed by atoms with E-state index in [1.54, 1.807) is 32.0 Å². The molecule has 0 aliphatic heterocycles. The number of aliphatic hydroxyl groups excluding tert-OH is 1. The molecule has 2 N–H and O–H groups in total. The van der Waals surface area contributed by atoms with Gasteiger partial charge in [0.15, 0.2) is 6.29 Å². The Morgan fingerprint density at radius 2 is 1.64 bits per heavy atom. The molecule has 11 heteroatoms. The molecule has 0 fully saturated rings. The van der Waals surface area contributed by atoms with Gasteiger partial charge in [-0.2, -0.15) is 0 Å². The molecule has 0 amide bonds. The number of hydrogen-bond acceptors (Lipinski definition) is 6. The van der Waals surface area contributed by atoms with Gasteiger partial charge < -0.3 is 19.3 Å². The first-order valence-corrected chi connectivity index (χ1v) is 9.33. The van der Waals surface area contributed by atoms with E-state index in [1.807, 2.05) is 18.9 Å². The summed E-state index contributed by atoms with van der Waals surface area (Å²) in [5.74, 6) is -0.664. The van der Waals surface area contributed by atoms with Crippen LogP contribution in [-0.2, 0) is 61.0 Å². The third-order valence-corrected chi connectivity index (χ3v) is 5.74. The Kier molecular flexibility index (Phi) is 14.7. The number of benzene rings is 1. The van der Waals surface area contributed by atoms with Crippen LogP contribution in [0, 0.1) is 11.8 Å². The van der Waals surface area contributed by atoms with E-state index in [4.69, 9.17) is 9.05 Å². The molecule has 0 aromatic heterocycles. The standard InChI is InChI=1S/C14H22O6P2S.2W/c1-9(10(2)13(20-22)14(15)16)12(19-21)8-23(17,18)11-6-4-3-5-7-11;;/h3-10,13-16H,21-22H2,1-2H3;;. The Balaban J connectivity index is 0. The van der Waals surface area contributed by atoms with Gasteiger partial charge in [0.25, 0.3) is 0 Å². The van der Waals surface area contributed by atoms with E-state index < -0.39 is 34.1 Å². The Hall–Kier alpha value is 0.827. The van der Waals surface area contributed by atoms with Crippen molar-refractivity contribution in [3.05, 3.63) is 41.5 Å². The van der Waals surface area contributed by atoms with Crippen LogP contribution >= 0.6 is 18.9 Å². The van der Waals surface area contributed by atoms with Crippen LogP contribution in [0.5, 0.6) is 0 Å². The second-order valence-electron chi connectivity index (χ2n) is 5.16. The van der Waals surface area contributed by atoms with Gasteiger partial charge in [-0.05, 0) is 18.1 Å². The van der Waals surface area contributed by atoms with E-state index in [9.17, 15) is 18.6 Å². The van der Waals surface area contributed by atoms with Crippen LogP contribution in [0.25, 0.3) is 0 Å². The summed E-state index contributed by atoms with van der Waals surface area (Å²) in [6, 6.07) is 7.98. The van der Waals surface area contributed by atoms with Crippen LogP contribution in [0.15, 0.2) is 46.4 Å². The molecule has 0 saturated heterocycles. The summed E-state index contributed by atoms with van der Waals surface area (Å²) in [6.45, 7) is 3.44. The zero-order valence-electron chi connectivity index (χ0n) is 13.7. The smallest absolute Gasteiger partial charge is 0.203 e. The average molecular weight is 748 g/mol. The maximum atomic E-state index is 12.4. The van der Waals surface area contributed by atoms with Gasteiger partial charge in [0, 0.05) is 57.5 Å². The van der Waals surface area contributed by atoms with Gasteiger partial charge in [0.05, 0.1) is 19.8 Å². The van der Waals surface area contributed by atoms with Crippen molar-refractivity contribution in [2.24, 2.45) is 11.8 Å². The molecule has 0 heterocycles. The number of hydrogen-bond donors (Lipinski definition) is 2. The topological polar surface area (TPSA) is 93.1 Å². The fourth-order valence-electron chi connectivity index (χ4n) is 2.08. The molecule has 0 saturated carbocycles. The molecule has 5 atom stereocenters. The largest absolute Gasteiger partial charge is 0.484 e. The first-order chi connectivity index (χ1) is 10.7. The number of aliphatic hydroxyl groups is 2. The van der Waals surface area contributed by atoms with E-state index >= 15 is 0 Å². The van der Waals surface area contributed by atoms with Crippen molar-refractivity contribution in [2.75, 3.05) is 0 Å². The van der Waals surface area contributed by atoms with Crippen LogP contribution in [-0.4, -0.2) is 31.0 Å². The van der Waals surface area contributed by atoms with Gasteiger partial charge in [-0.15, -0.1) is 0 Å². The zero-order valence-corrected chi connectivity index (χ0v) is 22.7. The maximum Gasteiger partial charge on any atom is 0.203 e. The summed E-state index contributed by atoms with van der Waals surface area (Å²) in [6.07, 6.45) is -2.60. The molecule has 25 heavy (non-hydrogen) atoms. The van der Waals surface area contributed by atoms with Crippen LogP contribution in [0.2, 0.25) is 0 Å². The molecular weight excluding hydrogens is 726 g/mol. The molecule has 1 aromatic rings. The minimum absolute atomic E-state index is 0. The summed E-state index contributed by atoms with van der Waals surface area (Å²) in [5, 5.41) is 19.7. The Labute approximate surface area is 182 Å². The van der Waals surface area contributed by atoms with Gasteiger partial charge in [-0.1, -0.05) is 32.0 Å². The first kappa shape index (κ1) is 28.0. The van der Waals surface area contributed by atoms with Crippen LogP contribution in [0.4, 0.5) is 0 Å². The van der Waals surface area contributed by atoms with E-state index in [0.29, 0.717) is 0 Å². The third-order valence-electron chi connectivity index (χ3n) is 3.69. The zero-order chi connectivity index (χ0) is 17.6. The van der Waals surface area contributed by atoms with Gasteiger partial charge >= 0.3 is 0 Å². The van der Waals surface area contributed by atoms with E-state index in [2.05, 4.69) is 0 Å². The SMILES string of the molecule is CC(C(=CS(=O)(=O)c1ccccc1)OP)C(C)C(OP)C(O)O.[W].[W]. The molecule has 142 valence electrons. The second-order valence-corrected chi connectivity index (χ2v) is 7.46. The third kappa shape index (κ3) is 8.16. The Bertz CT molecular complexity index is 627. The van der Waals surface area contributed by atoms with Gasteiger partial charge in [-0.3, -0.25) is 0 Å². The quantitative estimate of drug-likeness (QED) is 0.240. The van der Waals surface area contributed by atoms with Crippen LogP contribution in [0.3, 0.4) is 0 Å². The fourth-order valence-corrected chi connectivity index (χ4v) is 4.10. The minimum Gasteiger partial charge on any atom is -0.484 e. The second kappa shape index (κ2) is 13.1. The summed E-state index contributed by atoms with van der Waals surface area (Å²) in [5.41, 5.74) is 0. The summed E-state index contributed by atoms with van der Waals surface area (Å²) < 4.78 is 34.9. The molecule has 0 bridgehead atoms. The monoisotopic (exact) mass is 748 g/mol. The molecule has 5 unspecified atom stereocenters. The summed E-state index contributed by atoms with van der Waals surface area (Å²) in [7, 11) is 0.319. The molecule has 0 aliphatic rings. The van der Waals surface area contributed by atoms with E-state index in [1.165, 1.54) is 12.1 Å². The van der Waals surface area contributed by atoms with Gasteiger partial charge in [-0.25, -0.2) is 8.42 Å².